The van der Waals surface area contributed by atoms with Crippen molar-refractivity contribution in [2.24, 2.45) is 0 Å². The Labute approximate surface area is 146 Å². The minimum absolute atomic E-state index is 0.0305. The highest BCUT2D eigenvalue weighted by molar-refractivity contribution is 7.11. The van der Waals surface area contributed by atoms with Crippen molar-refractivity contribution in [2.45, 2.75) is 38.0 Å². The van der Waals surface area contributed by atoms with Crippen molar-refractivity contribution >= 4 is 17.0 Å². The number of nitrogens with one attached hydrogen (secondary N) is 1. The molecule has 1 N–H and O–H groups in total. The summed E-state index contributed by atoms with van der Waals surface area (Å²) in [5.41, 5.74) is 0.807. The Hall–Kier alpha value is -1.43. The van der Waals surface area contributed by atoms with E-state index < -0.39 is 0 Å². The van der Waals surface area contributed by atoms with Crippen LogP contribution in [0.1, 0.15) is 22.6 Å². The molecule has 3 nitrogen and oxygen atoms in total. The zero-order valence-electron chi connectivity index (χ0n) is 13.9. The predicted octanol–water partition coefficient (Wildman–Crippen LogP) is 4.04. The molecule has 2 aliphatic heterocycles. The van der Waals surface area contributed by atoms with Gasteiger partial charge in [-0.3, -0.25) is 4.90 Å². The second-order valence-electron chi connectivity index (χ2n) is 7.02. The van der Waals surface area contributed by atoms with Gasteiger partial charge in [-0.25, -0.2) is 4.39 Å². The molecule has 24 heavy (non-hydrogen) atoms. The van der Waals surface area contributed by atoms with Crippen LogP contribution in [0, 0.1) is 12.7 Å². The number of hydrogen-bond donors (Lipinski definition) is 1. The van der Waals surface area contributed by atoms with E-state index >= 15 is 0 Å². The minimum Gasteiger partial charge on any atom is -0.380 e. The van der Waals surface area contributed by atoms with Crippen molar-refractivity contribution in [1.29, 1.82) is 0 Å². The van der Waals surface area contributed by atoms with Gasteiger partial charge in [0.05, 0.1) is 18.2 Å². The molecule has 128 valence electrons. The fourth-order valence-corrected chi connectivity index (χ4v) is 4.82. The second-order valence-corrected chi connectivity index (χ2v) is 8.40. The fraction of sp³-hybridized carbons (Fsp3) is 0.474. The molecule has 2 fully saturated rings. The van der Waals surface area contributed by atoms with Crippen LogP contribution in [-0.2, 0) is 11.3 Å². The molecule has 3 heterocycles. The molecule has 0 unspecified atom stereocenters. The largest absolute Gasteiger partial charge is 0.380 e. The Kier molecular flexibility index (Phi) is 4.33. The third kappa shape index (κ3) is 3.48. The average Bonchev–Trinajstić information content (AvgIpc) is 3.23. The molecule has 1 aromatic heterocycles. The zero-order valence-corrected chi connectivity index (χ0v) is 14.7. The summed E-state index contributed by atoms with van der Waals surface area (Å²) in [6.07, 6.45) is 2.07. The number of ether oxygens (including phenoxy) is 1. The quantitative estimate of drug-likeness (QED) is 0.904. The van der Waals surface area contributed by atoms with Gasteiger partial charge in [0.2, 0.25) is 0 Å². The van der Waals surface area contributed by atoms with Crippen molar-refractivity contribution in [3.63, 3.8) is 0 Å². The highest BCUT2D eigenvalue weighted by Crippen LogP contribution is 2.37. The molecule has 0 radical (unpaired) electrons. The van der Waals surface area contributed by atoms with Gasteiger partial charge in [-0.15, -0.1) is 11.3 Å². The van der Waals surface area contributed by atoms with Crippen LogP contribution in [0.25, 0.3) is 0 Å². The fourth-order valence-electron chi connectivity index (χ4n) is 3.89. The number of nitrogens with zero attached hydrogens (tertiary/aromatic N) is 1. The van der Waals surface area contributed by atoms with Crippen LogP contribution in [0.5, 0.6) is 0 Å². The number of rotatable bonds is 4. The van der Waals surface area contributed by atoms with Crippen LogP contribution >= 0.6 is 11.3 Å². The van der Waals surface area contributed by atoms with Crippen molar-refractivity contribution < 1.29 is 9.13 Å². The molecule has 1 aromatic carbocycles. The van der Waals surface area contributed by atoms with Crippen molar-refractivity contribution in [2.75, 3.05) is 25.0 Å². The lowest BCUT2D eigenvalue weighted by Crippen LogP contribution is -2.33. The summed E-state index contributed by atoms with van der Waals surface area (Å²) in [5.74, 6) is -0.202. The molecule has 2 aliphatic rings. The number of likely N-dealkylation sites (tertiary alicyclic amines) is 1. The number of thiophene rings is 1. The lowest BCUT2D eigenvalue weighted by molar-refractivity contribution is 0.0120. The first-order chi connectivity index (χ1) is 11.6. The van der Waals surface area contributed by atoms with E-state index in [1.165, 1.54) is 15.8 Å². The van der Waals surface area contributed by atoms with Crippen LogP contribution in [0.3, 0.4) is 0 Å². The Morgan fingerprint density at radius 1 is 1.38 bits per heavy atom. The van der Waals surface area contributed by atoms with E-state index in [0.29, 0.717) is 6.61 Å². The van der Waals surface area contributed by atoms with E-state index in [1.54, 1.807) is 12.1 Å². The van der Waals surface area contributed by atoms with E-state index in [4.69, 9.17) is 4.74 Å². The molecule has 0 amide bonds. The molecule has 0 aliphatic carbocycles. The lowest BCUT2D eigenvalue weighted by atomic mass is 9.97. The number of benzene rings is 1. The van der Waals surface area contributed by atoms with Crippen LogP contribution in [0.15, 0.2) is 36.4 Å². The first-order valence-electron chi connectivity index (χ1n) is 8.54. The first kappa shape index (κ1) is 16.1. The number of halogens is 1. The van der Waals surface area contributed by atoms with Gasteiger partial charge in [-0.05, 0) is 43.7 Å². The topological polar surface area (TPSA) is 24.5 Å². The Morgan fingerprint density at radius 2 is 2.29 bits per heavy atom. The summed E-state index contributed by atoms with van der Waals surface area (Å²) in [6, 6.07) is 11.4. The smallest absolute Gasteiger partial charge is 0.125 e. The molecule has 0 saturated carbocycles. The summed E-state index contributed by atoms with van der Waals surface area (Å²) in [7, 11) is 0. The van der Waals surface area contributed by atoms with Crippen LogP contribution in [0.4, 0.5) is 10.1 Å². The monoisotopic (exact) mass is 346 g/mol. The molecule has 5 heteroatoms. The molecule has 0 bridgehead atoms. The first-order valence-corrected chi connectivity index (χ1v) is 9.36. The van der Waals surface area contributed by atoms with Crippen molar-refractivity contribution in [1.82, 2.24) is 4.90 Å². The van der Waals surface area contributed by atoms with Gasteiger partial charge in [0.15, 0.2) is 0 Å². The van der Waals surface area contributed by atoms with Gasteiger partial charge in [0.25, 0.3) is 0 Å². The van der Waals surface area contributed by atoms with Gasteiger partial charge >= 0.3 is 0 Å². The van der Waals surface area contributed by atoms with E-state index in [0.717, 1.165) is 38.2 Å². The standard InChI is InChI=1S/C19H23FN2OS/c1-14-5-6-18(24-14)11-22-8-7-19(13-22)10-17(12-23-19)21-16-4-2-3-15(20)9-16/h2-6,9,17,21H,7-8,10-13H2,1H3/t17-,19-/m0/s1. The SMILES string of the molecule is Cc1ccc(CN2CC[C@]3(C[C@H](Nc4cccc(F)c4)CO3)C2)s1. The van der Waals surface area contributed by atoms with Crippen LogP contribution < -0.4 is 5.32 Å². The molecular formula is C19H23FN2OS. The highest BCUT2D eigenvalue weighted by atomic mass is 32.1. The molecule has 2 aromatic rings. The van der Waals surface area contributed by atoms with E-state index in [2.05, 4.69) is 29.3 Å². The Morgan fingerprint density at radius 3 is 3.08 bits per heavy atom. The maximum atomic E-state index is 13.3. The summed E-state index contributed by atoms with van der Waals surface area (Å²) in [4.78, 5) is 5.29. The maximum Gasteiger partial charge on any atom is 0.125 e. The van der Waals surface area contributed by atoms with Gasteiger partial charge < -0.3 is 10.1 Å². The third-order valence-electron chi connectivity index (χ3n) is 4.98. The van der Waals surface area contributed by atoms with Crippen molar-refractivity contribution in [3.8, 4) is 0 Å². The van der Waals surface area contributed by atoms with E-state index in [-0.39, 0.29) is 17.5 Å². The summed E-state index contributed by atoms with van der Waals surface area (Å²) < 4.78 is 19.5. The Balaban J connectivity index is 1.34. The molecule has 2 atom stereocenters. The minimum atomic E-state index is -0.202. The van der Waals surface area contributed by atoms with Gasteiger partial charge in [-0.1, -0.05) is 6.07 Å². The maximum absolute atomic E-state index is 13.3. The van der Waals surface area contributed by atoms with Gasteiger partial charge in [-0.2, -0.15) is 0 Å². The molecular weight excluding hydrogens is 323 g/mol. The summed E-state index contributed by atoms with van der Waals surface area (Å²) in [6.45, 7) is 5.95. The number of anilines is 1. The molecule has 1 spiro atoms. The third-order valence-corrected chi connectivity index (χ3v) is 5.96. The molecule has 2 saturated heterocycles. The normalized spacial score (nSPS) is 27.2. The van der Waals surface area contributed by atoms with Gasteiger partial charge in [0, 0.05) is 41.5 Å². The average molecular weight is 346 g/mol. The number of hydrogen-bond acceptors (Lipinski definition) is 4. The van der Waals surface area contributed by atoms with E-state index in [9.17, 15) is 4.39 Å². The number of aryl methyl sites for hydroxylation is 1. The van der Waals surface area contributed by atoms with Gasteiger partial charge in [0.1, 0.15) is 5.82 Å². The zero-order chi connectivity index (χ0) is 16.6. The van der Waals surface area contributed by atoms with Crippen LogP contribution in [-0.4, -0.2) is 36.2 Å². The lowest BCUT2D eigenvalue weighted by Gasteiger charge is -2.23. The van der Waals surface area contributed by atoms with Crippen molar-refractivity contribution in [3.05, 3.63) is 52.0 Å². The molecule has 4 rings (SSSR count). The highest BCUT2D eigenvalue weighted by Gasteiger charge is 2.45. The second kappa shape index (κ2) is 6.47. The van der Waals surface area contributed by atoms with Crippen LogP contribution in [0.2, 0.25) is 0 Å². The predicted molar refractivity (Wildman–Crippen MR) is 96.1 cm³/mol. The van der Waals surface area contributed by atoms with E-state index in [1.807, 2.05) is 17.4 Å². The summed E-state index contributed by atoms with van der Waals surface area (Å²) in [5, 5.41) is 3.42. The summed E-state index contributed by atoms with van der Waals surface area (Å²) >= 11 is 1.88. The Bertz CT molecular complexity index is 719.